The highest BCUT2D eigenvalue weighted by Gasteiger charge is 2.24. The number of thiophene rings is 1. The van der Waals surface area contributed by atoms with E-state index in [1.807, 2.05) is 0 Å². The normalized spacial score (nSPS) is 12.7. The van der Waals surface area contributed by atoms with Crippen LogP contribution in [0.1, 0.15) is 44.0 Å². The van der Waals surface area contributed by atoms with Crippen LogP contribution in [0, 0.1) is 10.1 Å². The van der Waals surface area contributed by atoms with E-state index in [0.29, 0.717) is 10.6 Å². The maximum atomic E-state index is 12.3. The number of nitrogens with one attached hydrogen (secondary N) is 2. The van der Waals surface area contributed by atoms with E-state index >= 15 is 0 Å². The van der Waals surface area contributed by atoms with E-state index in [-0.39, 0.29) is 16.4 Å². The molecule has 0 radical (unpaired) electrons. The Labute approximate surface area is 163 Å². The van der Waals surface area contributed by atoms with E-state index in [9.17, 15) is 19.7 Å². The van der Waals surface area contributed by atoms with Crippen LogP contribution in [0.5, 0.6) is 0 Å². The number of carbonyl (C=O) groups excluding carboxylic acids is 2. The first-order chi connectivity index (χ1) is 12.9. The van der Waals surface area contributed by atoms with Gasteiger partial charge in [0.15, 0.2) is 5.11 Å². The molecule has 1 aromatic carbocycles. The Morgan fingerprint density at radius 2 is 2.00 bits per heavy atom. The number of non-ortho nitro benzene ring substituents is 1. The lowest BCUT2D eigenvalue weighted by Gasteiger charge is -2.11. The molecule has 1 aliphatic rings. The second kappa shape index (κ2) is 7.80. The van der Waals surface area contributed by atoms with E-state index in [2.05, 4.69) is 10.6 Å². The molecular weight excluding hydrogens is 388 g/mol. The van der Waals surface area contributed by atoms with Crippen molar-refractivity contribution in [1.29, 1.82) is 0 Å². The van der Waals surface area contributed by atoms with Crippen molar-refractivity contribution < 1.29 is 14.5 Å². The number of nitrogens with zero attached hydrogens (tertiary/aromatic N) is 1. The van der Waals surface area contributed by atoms with Gasteiger partial charge in [0, 0.05) is 22.6 Å². The van der Waals surface area contributed by atoms with Crippen LogP contribution in [-0.2, 0) is 12.8 Å². The summed E-state index contributed by atoms with van der Waals surface area (Å²) < 4.78 is 0. The number of rotatable bonds is 4. The smallest absolute Gasteiger partial charge is 0.270 e. The zero-order valence-electron chi connectivity index (χ0n) is 14.1. The van der Waals surface area contributed by atoms with Crippen LogP contribution in [0.2, 0.25) is 0 Å². The molecule has 0 fully saturated rings. The van der Waals surface area contributed by atoms with Gasteiger partial charge in [0.1, 0.15) is 5.00 Å². The highest BCUT2D eigenvalue weighted by atomic mass is 32.1. The molecule has 8 nitrogen and oxygen atoms in total. The molecule has 0 saturated carbocycles. The number of benzene rings is 1. The van der Waals surface area contributed by atoms with E-state index in [1.54, 1.807) is 0 Å². The molecular formula is C17H16N4O4S2. The van der Waals surface area contributed by atoms with Gasteiger partial charge >= 0.3 is 0 Å². The number of primary amides is 1. The third kappa shape index (κ3) is 4.12. The van der Waals surface area contributed by atoms with Crippen molar-refractivity contribution in [3.05, 3.63) is 55.9 Å². The van der Waals surface area contributed by atoms with Crippen molar-refractivity contribution in [3.63, 3.8) is 0 Å². The number of carbonyl (C=O) groups is 2. The quantitative estimate of drug-likeness (QED) is 0.408. The second-order valence-electron chi connectivity index (χ2n) is 5.99. The number of thiocarbonyl (C=S) groups is 1. The molecule has 1 aliphatic carbocycles. The van der Waals surface area contributed by atoms with Crippen molar-refractivity contribution >= 4 is 51.2 Å². The Bertz CT molecular complexity index is 954. The van der Waals surface area contributed by atoms with Crippen LogP contribution in [0.4, 0.5) is 10.7 Å². The summed E-state index contributed by atoms with van der Waals surface area (Å²) in [5, 5.41) is 16.7. The summed E-state index contributed by atoms with van der Waals surface area (Å²) in [5.74, 6) is -1.12. The maximum absolute atomic E-state index is 12.3. The highest BCUT2D eigenvalue weighted by Crippen LogP contribution is 2.37. The number of anilines is 1. The van der Waals surface area contributed by atoms with Gasteiger partial charge < -0.3 is 11.1 Å². The predicted octanol–water partition coefficient (Wildman–Crippen LogP) is 2.76. The Kier molecular flexibility index (Phi) is 5.47. The number of amides is 2. The predicted molar refractivity (Wildman–Crippen MR) is 106 cm³/mol. The van der Waals surface area contributed by atoms with Crippen LogP contribution in [-0.4, -0.2) is 21.9 Å². The van der Waals surface area contributed by atoms with Crippen molar-refractivity contribution in [2.24, 2.45) is 5.73 Å². The maximum Gasteiger partial charge on any atom is 0.270 e. The van der Waals surface area contributed by atoms with Crippen molar-refractivity contribution in [2.45, 2.75) is 25.7 Å². The monoisotopic (exact) mass is 404 g/mol. The fraction of sp³-hybridized carbons (Fsp3) is 0.235. The number of hydrogen-bond donors (Lipinski definition) is 3. The first kappa shape index (κ1) is 18.9. The Hall–Kier alpha value is -2.85. The zero-order valence-corrected chi connectivity index (χ0v) is 15.7. The van der Waals surface area contributed by atoms with Crippen LogP contribution in [0.25, 0.3) is 0 Å². The number of nitro benzene ring substituents is 1. The minimum atomic E-state index is -0.585. The number of aryl methyl sites for hydroxylation is 1. The van der Waals surface area contributed by atoms with E-state index in [0.717, 1.165) is 42.2 Å². The average Bonchev–Trinajstić information content (AvgIpc) is 2.99. The largest absolute Gasteiger partial charge is 0.365 e. The van der Waals surface area contributed by atoms with Crippen LogP contribution < -0.4 is 16.4 Å². The molecule has 0 aliphatic heterocycles. The van der Waals surface area contributed by atoms with Gasteiger partial charge in [-0.25, -0.2) is 0 Å². The molecule has 0 unspecified atom stereocenters. The van der Waals surface area contributed by atoms with Gasteiger partial charge in [-0.05, 0) is 49.5 Å². The Balaban J connectivity index is 1.75. The summed E-state index contributed by atoms with van der Waals surface area (Å²) in [6.07, 6.45) is 3.73. The number of nitro groups is 1. The van der Waals surface area contributed by atoms with Gasteiger partial charge in [0.2, 0.25) is 0 Å². The number of fused-ring (bicyclic) bond motifs is 1. The Morgan fingerprint density at radius 1 is 1.26 bits per heavy atom. The molecule has 0 spiro atoms. The van der Waals surface area contributed by atoms with Gasteiger partial charge in [0.25, 0.3) is 17.5 Å². The molecule has 0 saturated heterocycles. The fourth-order valence-electron chi connectivity index (χ4n) is 2.98. The average molecular weight is 404 g/mol. The topological polar surface area (TPSA) is 127 Å². The van der Waals surface area contributed by atoms with Gasteiger partial charge in [-0.15, -0.1) is 11.3 Å². The summed E-state index contributed by atoms with van der Waals surface area (Å²) in [5.41, 5.74) is 6.81. The lowest BCUT2D eigenvalue weighted by atomic mass is 9.95. The fourth-order valence-corrected chi connectivity index (χ4v) is 4.54. The minimum absolute atomic E-state index is 0.00685. The molecule has 27 heavy (non-hydrogen) atoms. The molecule has 140 valence electrons. The molecule has 0 atom stereocenters. The van der Waals surface area contributed by atoms with Crippen LogP contribution in [0.15, 0.2) is 24.3 Å². The third-order valence-electron chi connectivity index (χ3n) is 4.19. The molecule has 3 rings (SSSR count). The van der Waals surface area contributed by atoms with Gasteiger partial charge in [0.05, 0.1) is 10.5 Å². The van der Waals surface area contributed by atoms with Gasteiger partial charge in [-0.3, -0.25) is 25.0 Å². The van der Waals surface area contributed by atoms with Crippen molar-refractivity contribution in [3.8, 4) is 0 Å². The second-order valence-corrected chi connectivity index (χ2v) is 7.51. The number of nitrogens with two attached hydrogens (primary N) is 1. The Morgan fingerprint density at radius 3 is 2.70 bits per heavy atom. The van der Waals surface area contributed by atoms with E-state index in [1.165, 1.54) is 29.5 Å². The molecule has 4 N–H and O–H groups in total. The molecule has 2 aromatic rings. The lowest BCUT2D eigenvalue weighted by Crippen LogP contribution is -2.34. The lowest BCUT2D eigenvalue weighted by molar-refractivity contribution is -0.384. The van der Waals surface area contributed by atoms with Crippen LogP contribution in [0.3, 0.4) is 0 Å². The van der Waals surface area contributed by atoms with Crippen molar-refractivity contribution in [1.82, 2.24) is 5.32 Å². The first-order valence-electron chi connectivity index (χ1n) is 8.18. The SMILES string of the molecule is NC(=O)c1c(NC(=S)NC(=O)c2cccc([N+](=O)[O-])c2)sc2c1CCCC2. The summed E-state index contributed by atoms with van der Waals surface area (Å²) in [7, 11) is 0. The molecule has 2 amide bonds. The van der Waals surface area contributed by atoms with Gasteiger partial charge in [-0.2, -0.15) is 0 Å². The molecule has 10 heteroatoms. The minimum Gasteiger partial charge on any atom is -0.365 e. The number of hydrogen-bond acceptors (Lipinski definition) is 6. The molecule has 1 aromatic heterocycles. The highest BCUT2D eigenvalue weighted by molar-refractivity contribution is 7.80. The van der Waals surface area contributed by atoms with E-state index in [4.69, 9.17) is 18.0 Å². The van der Waals surface area contributed by atoms with Crippen LogP contribution >= 0.6 is 23.6 Å². The van der Waals surface area contributed by atoms with Crippen molar-refractivity contribution in [2.75, 3.05) is 5.32 Å². The summed E-state index contributed by atoms with van der Waals surface area (Å²) in [6, 6.07) is 5.32. The zero-order chi connectivity index (χ0) is 19.6. The standard InChI is InChI=1S/C17H16N4O4S2/c18-14(22)13-11-6-1-2-7-12(11)27-16(13)20-17(26)19-15(23)9-4-3-5-10(8-9)21(24)25/h3-5,8H,1-2,6-7H2,(H2,18,22)(H2,19,20,23,26). The third-order valence-corrected chi connectivity index (χ3v) is 5.60. The summed E-state index contributed by atoms with van der Waals surface area (Å²) >= 11 is 6.57. The first-order valence-corrected chi connectivity index (χ1v) is 9.40. The van der Waals surface area contributed by atoms with E-state index < -0.39 is 16.7 Å². The summed E-state index contributed by atoms with van der Waals surface area (Å²) in [4.78, 5) is 35.5. The summed E-state index contributed by atoms with van der Waals surface area (Å²) in [6.45, 7) is 0. The molecule has 1 heterocycles. The van der Waals surface area contributed by atoms with Gasteiger partial charge in [-0.1, -0.05) is 6.07 Å². The molecule has 0 bridgehead atoms.